The summed E-state index contributed by atoms with van der Waals surface area (Å²) in [5, 5.41) is 2.77. The molecule has 1 unspecified atom stereocenters. The van der Waals surface area contributed by atoms with Crippen molar-refractivity contribution < 1.29 is 4.74 Å². The average molecular weight is 289 g/mol. The van der Waals surface area contributed by atoms with Gasteiger partial charge in [-0.3, -0.25) is 5.84 Å². The van der Waals surface area contributed by atoms with Crippen LogP contribution in [0.4, 0.5) is 0 Å². The highest BCUT2D eigenvalue weighted by Crippen LogP contribution is 2.45. The smallest absolute Gasteiger partial charge is 0.0894 e. The van der Waals surface area contributed by atoms with Crippen LogP contribution in [0.25, 0.3) is 0 Å². The van der Waals surface area contributed by atoms with Gasteiger partial charge >= 0.3 is 0 Å². The summed E-state index contributed by atoms with van der Waals surface area (Å²) in [6.07, 6.45) is 4.39. The van der Waals surface area contributed by atoms with Crippen molar-refractivity contribution in [2.45, 2.75) is 44.2 Å². The van der Waals surface area contributed by atoms with Gasteiger partial charge in [-0.2, -0.15) is 0 Å². The Kier molecular flexibility index (Phi) is 4.67. The van der Waals surface area contributed by atoms with Gasteiger partial charge in [0.25, 0.3) is 0 Å². The largest absolute Gasteiger partial charge is 0.376 e. The molecule has 0 saturated heterocycles. The fourth-order valence-corrected chi connectivity index (χ4v) is 4.17. The molecule has 1 heterocycles. The molecule has 0 aliphatic heterocycles. The van der Waals surface area contributed by atoms with Crippen molar-refractivity contribution >= 4 is 22.9 Å². The van der Waals surface area contributed by atoms with Crippen LogP contribution in [0.3, 0.4) is 0 Å². The van der Waals surface area contributed by atoms with Crippen molar-refractivity contribution in [3.05, 3.63) is 21.3 Å². The third-order valence-electron chi connectivity index (χ3n) is 4.13. The second-order valence-corrected chi connectivity index (χ2v) is 6.54. The number of hydrazine groups is 1. The molecule has 3 nitrogen and oxygen atoms in total. The van der Waals surface area contributed by atoms with Gasteiger partial charge in [0.2, 0.25) is 0 Å². The molecule has 0 spiro atoms. The Morgan fingerprint density at radius 2 is 2.22 bits per heavy atom. The van der Waals surface area contributed by atoms with Crippen LogP contribution in [-0.2, 0) is 4.74 Å². The molecule has 5 heteroatoms. The summed E-state index contributed by atoms with van der Waals surface area (Å²) < 4.78 is 5.86. The van der Waals surface area contributed by atoms with E-state index in [2.05, 4.69) is 12.3 Å². The fourth-order valence-electron chi connectivity index (χ4n) is 2.84. The van der Waals surface area contributed by atoms with Crippen LogP contribution in [0.2, 0.25) is 5.02 Å². The van der Waals surface area contributed by atoms with E-state index < -0.39 is 0 Å². The topological polar surface area (TPSA) is 47.3 Å². The normalized spacial score (nSPS) is 30.3. The Balaban J connectivity index is 2.27. The lowest BCUT2D eigenvalue weighted by atomic mass is 9.75. The van der Waals surface area contributed by atoms with Crippen molar-refractivity contribution in [3.8, 4) is 0 Å². The van der Waals surface area contributed by atoms with E-state index in [1.165, 1.54) is 12.8 Å². The summed E-state index contributed by atoms with van der Waals surface area (Å²) in [7, 11) is 1.78. The first-order valence-electron chi connectivity index (χ1n) is 6.37. The summed E-state index contributed by atoms with van der Waals surface area (Å²) in [4.78, 5) is 1.08. The minimum atomic E-state index is -0.226. The lowest BCUT2D eigenvalue weighted by Crippen LogP contribution is -2.49. The monoisotopic (exact) mass is 288 g/mol. The van der Waals surface area contributed by atoms with Crippen LogP contribution in [0, 0.1) is 5.92 Å². The van der Waals surface area contributed by atoms with Crippen molar-refractivity contribution in [2.75, 3.05) is 7.11 Å². The highest BCUT2D eigenvalue weighted by Gasteiger charge is 2.43. The molecule has 0 amide bonds. The molecule has 18 heavy (non-hydrogen) atoms. The number of ether oxygens (including phenoxy) is 1. The summed E-state index contributed by atoms with van der Waals surface area (Å²) in [6, 6.07) is 1.89. The SMILES string of the molecule is COC1(C(NN)c2sccc2Cl)CCC(C)CC1. The third kappa shape index (κ3) is 2.58. The van der Waals surface area contributed by atoms with Gasteiger partial charge in [0, 0.05) is 12.0 Å². The van der Waals surface area contributed by atoms with Gasteiger partial charge < -0.3 is 4.74 Å². The zero-order valence-electron chi connectivity index (χ0n) is 10.9. The number of methoxy groups -OCH3 is 1. The van der Waals surface area contributed by atoms with Crippen LogP contribution < -0.4 is 11.3 Å². The van der Waals surface area contributed by atoms with E-state index in [4.69, 9.17) is 22.2 Å². The van der Waals surface area contributed by atoms with Crippen molar-refractivity contribution in [2.24, 2.45) is 11.8 Å². The third-order valence-corrected chi connectivity index (χ3v) is 5.55. The van der Waals surface area contributed by atoms with Crippen LogP contribution in [0.15, 0.2) is 11.4 Å². The maximum Gasteiger partial charge on any atom is 0.0894 e. The molecule has 0 bridgehead atoms. The van der Waals surface area contributed by atoms with E-state index in [0.717, 1.165) is 28.7 Å². The molecule has 0 aromatic carbocycles. The molecule has 1 aromatic heterocycles. The van der Waals surface area contributed by atoms with Gasteiger partial charge in [-0.15, -0.1) is 11.3 Å². The molecule has 1 atom stereocenters. The van der Waals surface area contributed by atoms with E-state index in [-0.39, 0.29) is 11.6 Å². The molecule has 3 N–H and O–H groups in total. The van der Waals surface area contributed by atoms with Crippen molar-refractivity contribution in [1.82, 2.24) is 5.43 Å². The number of halogens is 1. The molecule has 1 aromatic rings. The maximum atomic E-state index is 6.24. The lowest BCUT2D eigenvalue weighted by Gasteiger charge is -2.43. The Morgan fingerprint density at radius 3 is 2.67 bits per heavy atom. The summed E-state index contributed by atoms with van der Waals surface area (Å²) in [6.45, 7) is 2.29. The first-order chi connectivity index (χ1) is 8.63. The number of nitrogens with two attached hydrogens (primary N) is 1. The Bertz CT molecular complexity index is 388. The van der Waals surface area contributed by atoms with E-state index in [1.807, 2.05) is 11.4 Å². The van der Waals surface area contributed by atoms with Gasteiger partial charge in [0.1, 0.15) is 0 Å². The molecule has 2 rings (SSSR count). The van der Waals surface area contributed by atoms with Gasteiger partial charge in [-0.05, 0) is 43.0 Å². The Hall–Kier alpha value is -0.130. The molecular formula is C13H21ClN2OS. The number of hydrogen-bond donors (Lipinski definition) is 2. The minimum Gasteiger partial charge on any atom is -0.376 e. The molecule has 1 aliphatic rings. The van der Waals surface area contributed by atoms with Gasteiger partial charge in [0.05, 0.1) is 16.7 Å². The minimum absolute atomic E-state index is 0.0255. The Labute approximate surface area is 118 Å². The summed E-state index contributed by atoms with van der Waals surface area (Å²) >= 11 is 7.88. The standard InChI is InChI=1S/C13H21ClN2OS/c1-9-3-6-13(17-2,7-4-9)12(16-15)11-10(14)5-8-18-11/h5,8-9,12,16H,3-4,6-7,15H2,1-2H3. The number of hydrogen-bond acceptors (Lipinski definition) is 4. The van der Waals surface area contributed by atoms with Crippen LogP contribution in [0.1, 0.15) is 43.5 Å². The van der Waals surface area contributed by atoms with Crippen LogP contribution in [-0.4, -0.2) is 12.7 Å². The quantitative estimate of drug-likeness (QED) is 0.658. The first kappa shape index (κ1) is 14.3. The molecular weight excluding hydrogens is 268 g/mol. The highest BCUT2D eigenvalue weighted by atomic mass is 35.5. The van der Waals surface area contributed by atoms with E-state index in [1.54, 1.807) is 18.4 Å². The van der Waals surface area contributed by atoms with Gasteiger partial charge in [0.15, 0.2) is 0 Å². The molecule has 1 aliphatic carbocycles. The summed E-state index contributed by atoms with van der Waals surface area (Å²) in [5.41, 5.74) is 2.70. The molecule has 102 valence electrons. The highest BCUT2D eigenvalue weighted by molar-refractivity contribution is 7.10. The molecule has 1 saturated carbocycles. The summed E-state index contributed by atoms with van der Waals surface area (Å²) in [5.74, 6) is 6.55. The zero-order chi connectivity index (χ0) is 13.2. The molecule has 0 radical (unpaired) electrons. The first-order valence-corrected chi connectivity index (χ1v) is 7.63. The number of rotatable bonds is 4. The maximum absolute atomic E-state index is 6.24. The number of thiophene rings is 1. The number of nitrogens with one attached hydrogen (secondary N) is 1. The van der Waals surface area contributed by atoms with Crippen LogP contribution in [0.5, 0.6) is 0 Å². The fraction of sp³-hybridized carbons (Fsp3) is 0.692. The van der Waals surface area contributed by atoms with Crippen molar-refractivity contribution in [3.63, 3.8) is 0 Å². The zero-order valence-corrected chi connectivity index (χ0v) is 12.5. The van der Waals surface area contributed by atoms with E-state index in [0.29, 0.717) is 0 Å². The van der Waals surface area contributed by atoms with Crippen LogP contribution >= 0.6 is 22.9 Å². The lowest BCUT2D eigenvalue weighted by molar-refractivity contribution is -0.0753. The molecule has 1 fully saturated rings. The predicted octanol–water partition coefficient (Wildman–Crippen LogP) is 3.50. The van der Waals surface area contributed by atoms with Gasteiger partial charge in [-0.1, -0.05) is 18.5 Å². The van der Waals surface area contributed by atoms with E-state index >= 15 is 0 Å². The predicted molar refractivity (Wildman–Crippen MR) is 76.8 cm³/mol. The second kappa shape index (κ2) is 5.88. The Morgan fingerprint density at radius 1 is 1.56 bits per heavy atom. The average Bonchev–Trinajstić information content (AvgIpc) is 2.79. The second-order valence-electron chi connectivity index (χ2n) is 5.18. The van der Waals surface area contributed by atoms with Crippen molar-refractivity contribution in [1.29, 1.82) is 0 Å². The van der Waals surface area contributed by atoms with Gasteiger partial charge in [-0.25, -0.2) is 5.43 Å². The van der Waals surface area contributed by atoms with E-state index in [9.17, 15) is 0 Å².